The van der Waals surface area contributed by atoms with Crippen LogP contribution < -0.4 is 5.32 Å². The smallest absolute Gasteiger partial charge is 0.269 e. The molecule has 0 saturated carbocycles. The van der Waals surface area contributed by atoms with Crippen molar-refractivity contribution < 1.29 is 9.66 Å². The van der Waals surface area contributed by atoms with E-state index in [9.17, 15) is 10.1 Å². The Morgan fingerprint density at radius 2 is 2.08 bits per heavy atom. The van der Waals surface area contributed by atoms with Crippen molar-refractivity contribution in [3.8, 4) is 5.69 Å². The summed E-state index contributed by atoms with van der Waals surface area (Å²) < 4.78 is 7.73. The molecule has 126 valence electrons. The Balaban J connectivity index is 1.78. The van der Waals surface area contributed by atoms with Crippen molar-refractivity contribution in [3.05, 3.63) is 45.6 Å². The third-order valence-corrected chi connectivity index (χ3v) is 4.70. The van der Waals surface area contributed by atoms with Crippen LogP contribution in [0.15, 0.2) is 24.3 Å². The minimum absolute atomic E-state index is 0.0675. The van der Waals surface area contributed by atoms with Crippen LogP contribution >= 0.6 is 0 Å². The van der Waals surface area contributed by atoms with Crippen molar-refractivity contribution in [2.24, 2.45) is 0 Å². The van der Waals surface area contributed by atoms with Gasteiger partial charge in [0, 0.05) is 30.8 Å². The minimum atomic E-state index is -0.385. The van der Waals surface area contributed by atoms with Gasteiger partial charge in [-0.3, -0.25) is 10.1 Å². The lowest BCUT2D eigenvalue weighted by Crippen LogP contribution is -2.07. The van der Waals surface area contributed by atoms with Crippen LogP contribution in [0.3, 0.4) is 0 Å². The maximum atomic E-state index is 10.9. The largest absolute Gasteiger partial charge is 0.372 e. The summed E-state index contributed by atoms with van der Waals surface area (Å²) in [4.78, 5) is 10.5. The number of nitrogens with one attached hydrogen (secondary N) is 1. The van der Waals surface area contributed by atoms with Crippen LogP contribution in [0.25, 0.3) is 5.69 Å². The van der Waals surface area contributed by atoms with Crippen LogP contribution in [-0.2, 0) is 11.2 Å². The fraction of sp³-hybridized carbons (Fsp3) is 0.471. The van der Waals surface area contributed by atoms with Crippen molar-refractivity contribution in [2.45, 2.75) is 38.2 Å². The van der Waals surface area contributed by atoms with E-state index in [1.54, 1.807) is 12.1 Å². The Labute approximate surface area is 139 Å². The van der Waals surface area contributed by atoms with E-state index in [1.807, 2.05) is 4.68 Å². The van der Waals surface area contributed by atoms with E-state index in [2.05, 4.69) is 5.32 Å². The number of ether oxygens (including phenoxy) is 1. The molecular weight excluding hydrogens is 308 g/mol. The second kappa shape index (κ2) is 6.24. The number of fused-ring (bicyclic) bond motifs is 1. The van der Waals surface area contributed by atoms with Crippen LogP contribution in [0.4, 0.5) is 11.5 Å². The first-order valence-electron chi connectivity index (χ1n) is 8.46. The van der Waals surface area contributed by atoms with Gasteiger partial charge in [-0.15, -0.1) is 0 Å². The SMILES string of the molecule is O=[N+]([O-])c1ccc(-n2nc(C3CCCO3)c3c2NCCCC3)cc1. The number of non-ortho nitro benzene ring substituents is 1. The summed E-state index contributed by atoms with van der Waals surface area (Å²) in [6, 6.07) is 6.53. The van der Waals surface area contributed by atoms with Gasteiger partial charge in [0.05, 0.1) is 16.3 Å². The minimum Gasteiger partial charge on any atom is -0.372 e. The highest BCUT2D eigenvalue weighted by Crippen LogP contribution is 2.36. The Hall–Kier alpha value is -2.41. The van der Waals surface area contributed by atoms with Crippen LogP contribution in [0, 0.1) is 10.1 Å². The van der Waals surface area contributed by atoms with Gasteiger partial charge in [0.15, 0.2) is 0 Å². The summed E-state index contributed by atoms with van der Waals surface area (Å²) >= 11 is 0. The zero-order valence-electron chi connectivity index (χ0n) is 13.4. The van der Waals surface area contributed by atoms with Gasteiger partial charge in [-0.1, -0.05) is 0 Å². The molecule has 2 aliphatic rings. The zero-order valence-corrected chi connectivity index (χ0v) is 13.4. The quantitative estimate of drug-likeness (QED) is 0.690. The maximum Gasteiger partial charge on any atom is 0.269 e. The summed E-state index contributed by atoms with van der Waals surface area (Å²) in [5, 5.41) is 19.2. The van der Waals surface area contributed by atoms with E-state index in [1.165, 1.54) is 17.7 Å². The topological polar surface area (TPSA) is 82.2 Å². The number of anilines is 1. The molecule has 1 aromatic carbocycles. The van der Waals surface area contributed by atoms with Crippen molar-refractivity contribution in [3.63, 3.8) is 0 Å². The fourth-order valence-electron chi connectivity index (χ4n) is 3.48. The van der Waals surface area contributed by atoms with Gasteiger partial charge in [-0.2, -0.15) is 5.10 Å². The highest BCUT2D eigenvalue weighted by molar-refractivity contribution is 5.55. The first kappa shape index (κ1) is 15.1. The van der Waals surface area contributed by atoms with E-state index in [0.717, 1.165) is 62.5 Å². The van der Waals surface area contributed by atoms with Crippen LogP contribution in [-0.4, -0.2) is 27.9 Å². The van der Waals surface area contributed by atoms with Gasteiger partial charge in [-0.05, 0) is 44.2 Å². The van der Waals surface area contributed by atoms with Gasteiger partial charge in [0.2, 0.25) is 0 Å². The second-order valence-electron chi connectivity index (χ2n) is 6.28. The molecule has 1 aromatic heterocycles. The molecule has 1 N–H and O–H groups in total. The first-order chi connectivity index (χ1) is 11.7. The van der Waals surface area contributed by atoms with E-state index in [0.29, 0.717) is 0 Å². The zero-order chi connectivity index (χ0) is 16.5. The normalized spacial score (nSPS) is 20.2. The molecule has 1 atom stereocenters. The molecule has 0 bridgehead atoms. The number of nitro benzene ring substituents is 1. The van der Waals surface area contributed by atoms with Crippen LogP contribution in [0.1, 0.15) is 43.0 Å². The number of hydrogen-bond acceptors (Lipinski definition) is 5. The number of nitrogens with zero attached hydrogens (tertiary/aromatic N) is 3. The average Bonchev–Trinajstić information content (AvgIpc) is 3.17. The van der Waals surface area contributed by atoms with Crippen LogP contribution in [0.2, 0.25) is 0 Å². The fourth-order valence-corrected chi connectivity index (χ4v) is 3.48. The molecule has 0 radical (unpaired) electrons. The van der Waals surface area contributed by atoms with E-state index < -0.39 is 0 Å². The second-order valence-corrected chi connectivity index (χ2v) is 6.28. The third kappa shape index (κ3) is 2.65. The standard InChI is InChI=1S/C17H20N4O3/c22-21(23)13-8-6-12(7-9-13)20-17-14(4-1-2-10-18-17)16(19-20)15-5-3-11-24-15/h6-9,15,18H,1-5,10-11H2. The van der Waals surface area contributed by atoms with Gasteiger partial charge < -0.3 is 10.1 Å². The summed E-state index contributed by atoms with van der Waals surface area (Å²) in [5.74, 6) is 1.01. The molecule has 2 aromatic rings. The van der Waals surface area contributed by atoms with Crippen molar-refractivity contribution in [1.29, 1.82) is 0 Å². The molecule has 1 fully saturated rings. The molecule has 1 unspecified atom stereocenters. The average molecular weight is 328 g/mol. The summed E-state index contributed by atoms with van der Waals surface area (Å²) in [6.07, 6.45) is 5.38. The highest BCUT2D eigenvalue weighted by atomic mass is 16.6. The number of benzene rings is 1. The predicted molar refractivity (Wildman–Crippen MR) is 89.6 cm³/mol. The van der Waals surface area contributed by atoms with Gasteiger partial charge in [0.1, 0.15) is 11.9 Å². The third-order valence-electron chi connectivity index (χ3n) is 4.70. The van der Waals surface area contributed by atoms with Crippen molar-refractivity contribution >= 4 is 11.5 Å². The number of aromatic nitrogens is 2. The Bertz CT molecular complexity index is 748. The molecule has 1 saturated heterocycles. The molecule has 7 heteroatoms. The summed E-state index contributed by atoms with van der Waals surface area (Å²) in [5.41, 5.74) is 3.17. The molecule has 3 heterocycles. The molecule has 0 amide bonds. The summed E-state index contributed by atoms with van der Waals surface area (Å²) in [7, 11) is 0. The summed E-state index contributed by atoms with van der Waals surface area (Å²) in [6.45, 7) is 1.70. The van der Waals surface area contributed by atoms with Gasteiger partial charge in [0.25, 0.3) is 5.69 Å². The lowest BCUT2D eigenvalue weighted by Gasteiger charge is -2.09. The van der Waals surface area contributed by atoms with Gasteiger partial charge >= 0.3 is 0 Å². The molecule has 4 rings (SSSR count). The van der Waals surface area contributed by atoms with Gasteiger partial charge in [-0.25, -0.2) is 4.68 Å². The van der Waals surface area contributed by atoms with Crippen molar-refractivity contribution in [2.75, 3.05) is 18.5 Å². The Morgan fingerprint density at radius 3 is 2.79 bits per heavy atom. The van der Waals surface area contributed by atoms with Crippen LogP contribution in [0.5, 0.6) is 0 Å². The number of rotatable bonds is 3. The first-order valence-corrected chi connectivity index (χ1v) is 8.46. The number of nitro groups is 1. The Kier molecular flexibility index (Phi) is 3.93. The molecule has 0 aliphatic carbocycles. The molecule has 7 nitrogen and oxygen atoms in total. The van der Waals surface area contributed by atoms with Crippen molar-refractivity contribution in [1.82, 2.24) is 9.78 Å². The predicted octanol–water partition coefficient (Wildman–Crippen LogP) is 3.38. The molecule has 0 spiro atoms. The van der Waals surface area contributed by atoms with E-state index >= 15 is 0 Å². The Morgan fingerprint density at radius 1 is 1.25 bits per heavy atom. The monoisotopic (exact) mass is 328 g/mol. The lowest BCUT2D eigenvalue weighted by atomic mass is 10.0. The lowest BCUT2D eigenvalue weighted by molar-refractivity contribution is -0.384. The van der Waals surface area contributed by atoms with E-state index in [4.69, 9.17) is 9.84 Å². The number of hydrogen-bond donors (Lipinski definition) is 1. The highest BCUT2D eigenvalue weighted by Gasteiger charge is 2.28. The molecule has 2 aliphatic heterocycles. The molecule has 24 heavy (non-hydrogen) atoms. The van der Waals surface area contributed by atoms with E-state index in [-0.39, 0.29) is 16.7 Å². The maximum absolute atomic E-state index is 10.9. The molecular formula is C17H20N4O3.